The smallest absolute Gasteiger partial charge is 0.326 e. The molecule has 0 aliphatic heterocycles. The maximum atomic E-state index is 12.6. The highest BCUT2D eigenvalue weighted by Gasteiger charge is 2.30. The molecule has 0 aliphatic rings. The fourth-order valence-corrected chi connectivity index (χ4v) is 2.30. The first kappa shape index (κ1) is 25.1. The first-order valence-corrected chi connectivity index (χ1v) is 8.92. The molecular weight excluding hydrogens is 370 g/mol. The van der Waals surface area contributed by atoms with Gasteiger partial charge in [-0.15, -0.1) is 0 Å². The summed E-state index contributed by atoms with van der Waals surface area (Å²) in [7, 11) is 0. The molecule has 0 heterocycles. The van der Waals surface area contributed by atoms with Crippen molar-refractivity contribution in [2.75, 3.05) is 6.54 Å². The Balaban J connectivity index is 5.20. The first-order chi connectivity index (χ1) is 13.0. The summed E-state index contributed by atoms with van der Waals surface area (Å²) >= 11 is 0. The maximum Gasteiger partial charge on any atom is 0.326 e. The fraction of sp³-hybridized carbons (Fsp3) is 0.688. The van der Waals surface area contributed by atoms with Gasteiger partial charge in [-0.1, -0.05) is 20.3 Å². The monoisotopic (exact) mass is 401 g/mol. The maximum absolute atomic E-state index is 12.6. The van der Waals surface area contributed by atoms with E-state index in [0.29, 0.717) is 12.8 Å². The number of carboxylic acid groups (broad SMARTS) is 1. The summed E-state index contributed by atoms with van der Waals surface area (Å²) < 4.78 is 0. The Morgan fingerprint density at radius 3 is 2.14 bits per heavy atom. The van der Waals surface area contributed by atoms with Crippen molar-refractivity contribution in [3.63, 3.8) is 0 Å². The van der Waals surface area contributed by atoms with Gasteiger partial charge in [0.25, 0.3) is 0 Å². The highest BCUT2D eigenvalue weighted by Crippen LogP contribution is 2.09. The zero-order valence-corrected chi connectivity index (χ0v) is 16.2. The van der Waals surface area contributed by atoms with Crippen LogP contribution in [0, 0.1) is 5.92 Å². The minimum Gasteiger partial charge on any atom is -0.480 e. The molecule has 28 heavy (non-hydrogen) atoms. The van der Waals surface area contributed by atoms with E-state index in [1.165, 1.54) is 0 Å². The largest absolute Gasteiger partial charge is 0.480 e. The summed E-state index contributed by atoms with van der Waals surface area (Å²) in [6.45, 7) is 3.70. The number of carbonyl (C=O) groups is 4. The molecule has 11 N–H and O–H groups in total. The molecule has 160 valence electrons. The van der Waals surface area contributed by atoms with Gasteiger partial charge in [-0.3, -0.25) is 19.4 Å². The van der Waals surface area contributed by atoms with Gasteiger partial charge in [0.1, 0.15) is 12.1 Å². The molecule has 4 unspecified atom stereocenters. The van der Waals surface area contributed by atoms with E-state index in [1.807, 2.05) is 0 Å². The summed E-state index contributed by atoms with van der Waals surface area (Å²) in [6.07, 6.45) is 0.605. The van der Waals surface area contributed by atoms with E-state index in [2.05, 4.69) is 15.6 Å². The minimum atomic E-state index is -1.23. The molecule has 0 bridgehead atoms. The van der Waals surface area contributed by atoms with Crippen LogP contribution in [0.4, 0.5) is 0 Å². The number of nitrogens with one attached hydrogen (secondary N) is 2. The van der Waals surface area contributed by atoms with Gasteiger partial charge in [0.05, 0.1) is 12.5 Å². The molecule has 4 atom stereocenters. The Hall–Kier alpha value is -2.89. The van der Waals surface area contributed by atoms with Crippen LogP contribution in [0.2, 0.25) is 0 Å². The van der Waals surface area contributed by atoms with Gasteiger partial charge in [-0.25, -0.2) is 4.79 Å². The number of hydrogen-bond acceptors (Lipinski definition) is 6. The van der Waals surface area contributed by atoms with Gasteiger partial charge >= 0.3 is 5.97 Å². The summed E-state index contributed by atoms with van der Waals surface area (Å²) in [5.74, 6) is -3.82. The number of aliphatic carboxylic acids is 1. The number of nitrogens with zero attached hydrogens (tertiary/aromatic N) is 1. The van der Waals surface area contributed by atoms with Crippen molar-refractivity contribution in [1.82, 2.24) is 10.6 Å². The van der Waals surface area contributed by atoms with E-state index in [-0.39, 0.29) is 24.8 Å². The van der Waals surface area contributed by atoms with Crippen molar-refractivity contribution in [1.29, 1.82) is 0 Å². The third kappa shape index (κ3) is 9.71. The van der Waals surface area contributed by atoms with E-state index in [0.717, 1.165) is 0 Å². The molecule has 0 spiro atoms. The molecular formula is C16H31N7O5. The van der Waals surface area contributed by atoms with Gasteiger partial charge in [-0.05, 0) is 18.8 Å². The molecule has 12 nitrogen and oxygen atoms in total. The normalized spacial score (nSPS) is 14.8. The molecule has 12 heteroatoms. The first-order valence-electron chi connectivity index (χ1n) is 8.92. The van der Waals surface area contributed by atoms with Crippen molar-refractivity contribution in [2.45, 2.75) is 57.7 Å². The molecule has 0 aromatic carbocycles. The molecule has 0 aliphatic carbocycles. The van der Waals surface area contributed by atoms with Gasteiger partial charge in [0.15, 0.2) is 5.96 Å². The zero-order chi connectivity index (χ0) is 21.9. The Morgan fingerprint density at radius 2 is 1.68 bits per heavy atom. The Kier molecular flexibility index (Phi) is 11.2. The molecule has 0 rings (SSSR count). The Labute approximate surface area is 163 Å². The van der Waals surface area contributed by atoms with Crippen molar-refractivity contribution >= 4 is 29.7 Å². The second-order valence-electron chi connectivity index (χ2n) is 6.50. The third-order valence-corrected chi connectivity index (χ3v) is 4.11. The van der Waals surface area contributed by atoms with Crippen LogP contribution in [0.3, 0.4) is 0 Å². The van der Waals surface area contributed by atoms with E-state index < -0.39 is 48.2 Å². The number of hydrogen-bond donors (Lipinski definition) is 7. The zero-order valence-electron chi connectivity index (χ0n) is 16.2. The second-order valence-corrected chi connectivity index (χ2v) is 6.50. The van der Waals surface area contributed by atoms with Gasteiger partial charge < -0.3 is 38.7 Å². The number of guanidine groups is 1. The van der Waals surface area contributed by atoms with Crippen LogP contribution < -0.4 is 33.6 Å². The summed E-state index contributed by atoms with van der Waals surface area (Å²) in [5, 5.41) is 14.2. The van der Waals surface area contributed by atoms with Crippen LogP contribution in [0.15, 0.2) is 4.99 Å². The van der Waals surface area contributed by atoms with Crippen LogP contribution >= 0.6 is 0 Å². The number of aliphatic imine (C=N–C) groups is 1. The van der Waals surface area contributed by atoms with Crippen molar-refractivity contribution in [3.8, 4) is 0 Å². The number of carboxylic acids is 1. The molecule has 0 aromatic rings. The number of primary amides is 1. The number of amides is 3. The summed E-state index contributed by atoms with van der Waals surface area (Å²) in [4.78, 5) is 50.8. The lowest BCUT2D eigenvalue weighted by Crippen LogP contribution is -2.56. The molecule has 0 saturated heterocycles. The Morgan fingerprint density at radius 1 is 1.07 bits per heavy atom. The highest BCUT2D eigenvalue weighted by atomic mass is 16.4. The predicted molar refractivity (Wildman–Crippen MR) is 103 cm³/mol. The third-order valence-electron chi connectivity index (χ3n) is 4.11. The van der Waals surface area contributed by atoms with E-state index in [9.17, 15) is 24.3 Å². The Bertz CT molecular complexity index is 592. The number of nitrogens with two attached hydrogens (primary N) is 4. The quantitative estimate of drug-likeness (QED) is 0.0975. The lowest BCUT2D eigenvalue weighted by atomic mass is 9.98. The van der Waals surface area contributed by atoms with Gasteiger partial charge in [-0.2, -0.15) is 0 Å². The van der Waals surface area contributed by atoms with Crippen LogP contribution in [0.25, 0.3) is 0 Å². The molecule has 0 fully saturated rings. The lowest BCUT2D eigenvalue weighted by molar-refractivity contribution is -0.143. The van der Waals surface area contributed by atoms with Gasteiger partial charge in [0, 0.05) is 6.54 Å². The van der Waals surface area contributed by atoms with Gasteiger partial charge in [0.2, 0.25) is 17.7 Å². The van der Waals surface area contributed by atoms with Crippen LogP contribution in [-0.4, -0.2) is 59.4 Å². The molecule has 0 aromatic heterocycles. The SMILES string of the molecule is CCC(C)C(NC(=O)C(CCCN=C(N)N)NC(=O)C(N)CC(N)=O)C(=O)O. The average Bonchev–Trinajstić information content (AvgIpc) is 2.59. The fourth-order valence-electron chi connectivity index (χ4n) is 2.30. The standard InChI is InChI=1S/C16H31N7O5/c1-3-8(2)12(15(27)28)23-14(26)10(5-4-6-21-16(19)20)22-13(25)9(17)7-11(18)24/h8-10,12H,3-7,17H2,1-2H3,(H2,18,24)(H,22,25)(H,23,26)(H,27,28)(H4,19,20,21). The van der Waals surface area contributed by atoms with E-state index in [1.54, 1.807) is 13.8 Å². The summed E-state index contributed by atoms with van der Waals surface area (Å²) in [5.41, 5.74) is 21.1. The lowest BCUT2D eigenvalue weighted by Gasteiger charge is -2.25. The van der Waals surface area contributed by atoms with Crippen LogP contribution in [0.5, 0.6) is 0 Å². The minimum absolute atomic E-state index is 0.115. The molecule has 0 radical (unpaired) electrons. The van der Waals surface area contributed by atoms with Crippen LogP contribution in [0.1, 0.15) is 39.5 Å². The van der Waals surface area contributed by atoms with E-state index >= 15 is 0 Å². The predicted octanol–water partition coefficient (Wildman–Crippen LogP) is -2.66. The van der Waals surface area contributed by atoms with Crippen molar-refractivity contribution < 1.29 is 24.3 Å². The highest BCUT2D eigenvalue weighted by molar-refractivity contribution is 5.93. The topological polar surface area (TPSA) is 229 Å². The molecule has 0 saturated carbocycles. The van der Waals surface area contributed by atoms with E-state index in [4.69, 9.17) is 22.9 Å². The summed E-state index contributed by atoms with van der Waals surface area (Å²) in [6, 6.07) is -3.42. The average molecular weight is 401 g/mol. The second kappa shape index (κ2) is 12.5. The molecule has 3 amide bonds. The number of rotatable bonds is 13. The van der Waals surface area contributed by atoms with Crippen LogP contribution in [-0.2, 0) is 19.2 Å². The van der Waals surface area contributed by atoms with Crippen molar-refractivity contribution in [2.24, 2.45) is 33.8 Å². The number of carbonyl (C=O) groups excluding carboxylic acids is 3. The van der Waals surface area contributed by atoms with Crippen molar-refractivity contribution in [3.05, 3.63) is 0 Å².